The largest absolute Gasteiger partial charge is 0.395 e. The van der Waals surface area contributed by atoms with Gasteiger partial charge in [-0.15, -0.1) is 0 Å². The van der Waals surface area contributed by atoms with E-state index in [1.54, 1.807) is 24.5 Å². The molecule has 2 rings (SSSR count). The first-order chi connectivity index (χ1) is 10.0. The molecule has 0 aliphatic carbocycles. The van der Waals surface area contributed by atoms with Gasteiger partial charge < -0.3 is 5.11 Å². The van der Waals surface area contributed by atoms with E-state index in [1.807, 2.05) is 0 Å². The molecule has 0 aliphatic heterocycles. The predicted molar refractivity (Wildman–Crippen MR) is 75.3 cm³/mol. The molecule has 1 aromatic carbocycles. The lowest BCUT2D eigenvalue weighted by Crippen LogP contribution is -2.33. The van der Waals surface area contributed by atoms with Gasteiger partial charge in [0.2, 0.25) is 10.0 Å². The number of aliphatic hydroxyl groups is 1. The minimum absolute atomic E-state index is 0.0127. The molecule has 1 N–H and O–H groups in total. The number of halogens is 1. The van der Waals surface area contributed by atoms with E-state index < -0.39 is 15.8 Å². The Kier molecular flexibility index (Phi) is 5.00. The molecule has 0 saturated carbocycles. The average Bonchev–Trinajstić information content (AvgIpc) is 2.48. The normalized spacial score (nSPS) is 11.8. The smallest absolute Gasteiger partial charge is 0.243 e. The number of hydrogen-bond donors (Lipinski definition) is 1. The Hall–Kier alpha value is -1.83. The van der Waals surface area contributed by atoms with Crippen LogP contribution in [0.5, 0.6) is 0 Å². The van der Waals surface area contributed by atoms with Gasteiger partial charge in [-0.2, -0.15) is 4.31 Å². The molecule has 0 spiro atoms. The van der Waals surface area contributed by atoms with E-state index in [0.29, 0.717) is 5.56 Å². The summed E-state index contributed by atoms with van der Waals surface area (Å²) in [6.45, 7) is -0.261. The Morgan fingerprint density at radius 1 is 1.19 bits per heavy atom. The molecule has 0 saturated heterocycles. The van der Waals surface area contributed by atoms with Crippen LogP contribution in [-0.4, -0.2) is 36.0 Å². The summed E-state index contributed by atoms with van der Waals surface area (Å²) in [7, 11) is -3.80. The molecular formula is C14H15FN2O3S. The second kappa shape index (κ2) is 6.75. The maximum atomic E-state index is 12.9. The number of rotatable bonds is 6. The van der Waals surface area contributed by atoms with Crippen molar-refractivity contribution in [1.82, 2.24) is 9.29 Å². The number of aromatic nitrogens is 1. The van der Waals surface area contributed by atoms with Gasteiger partial charge in [-0.3, -0.25) is 4.98 Å². The van der Waals surface area contributed by atoms with E-state index >= 15 is 0 Å². The van der Waals surface area contributed by atoms with Gasteiger partial charge in [0.15, 0.2) is 0 Å². The highest BCUT2D eigenvalue weighted by Crippen LogP contribution is 2.18. The fourth-order valence-corrected chi connectivity index (χ4v) is 3.27. The van der Waals surface area contributed by atoms with Gasteiger partial charge >= 0.3 is 0 Å². The standard InChI is InChI=1S/C14H15FN2O3S/c15-13-3-5-14(6-4-13)21(19,20)17(8-9-18)11-12-2-1-7-16-10-12/h1-7,10,18H,8-9,11H2. The van der Waals surface area contributed by atoms with Crippen LogP contribution in [0.2, 0.25) is 0 Å². The quantitative estimate of drug-likeness (QED) is 0.875. The van der Waals surface area contributed by atoms with E-state index in [0.717, 1.165) is 16.4 Å². The average molecular weight is 310 g/mol. The third-order valence-corrected chi connectivity index (χ3v) is 4.74. The molecule has 0 fully saturated rings. The summed E-state index contributed by atoms with van der Waals surface area (Å²) in [5.41, 5.74) is 0.705. The molecule has 0 bridgehead atoms. The predicted octanol–water partition coefficient (Wildman–Crippen LogP) is 1.40. The Morgan fingerprint density at radius 2 is 1.90 bits per heavy atom. The van der Waals surface area contributed by atoms with Crippen LogP contribution in [0.15, 0.2) is 53.7 Å². The highest BCUT2D eigenvalue weighted by atomic mass is 32.2. The molecule has 0 atom stereocenters. The SMILES string of the molecule is O=S(=O)(c1ccc(F)cc1)N(CCO)Cc1cccnc1. The zero-order valence-corrected chi connectivity index (χ0v) is 12.0. The molecule has 5 nitrogen and oxygen atoms in total. The fourth-order valence-electron chi connectivity index (χ4n) is 1.85. The number of pyridine rings is 1. The maximum Gasteiger partial charge on any atom is 0.243 e. The van der Waals surface area contributed by atoms with Crippen molar-refractivity contribution in [1.29, 1.82) is 0 Å². The summed E-state index contributed by atoms with van der Waals surface area (Å²) in [5.74, 6) is -0.505. The second-order valence-electron chi connectivity index (χ2n) is 4.38. The minimum Gasteiger partial charge on any atom is -0.395 e. The van der Waals surface area contributed by atoms with Gasteiger partial charge in [0.25, 0.3) is 0 Å². The van der Waals surface area contributed by atoms with Crippen LogP contribution < -0.4 is 0 Å². The van der Waals surface area contributed by atoms with Crippen molar-refractivity contribution >= 4 is 10.0 Å². The van der Waals surface area contributed by atoms with Gasteiger partial charge in [0, 0.05) is 25.5 Å². The molecule has 0 radical (unpaired) electrons. The molecule has 0 aliphatic rings. The van der Waals surface area contributed by atoms with E-state index in [9.17, 15) is 12.8 Å². The van der Waals surface area contributed by atoms with Crippen molar-refractivity contribution in [2.45, 2.75) is 11.4 Å². The second-order valence-corrected chi connectivity index (χ2v) is 6.32. The molecule has 1 heterocycles. The number of benzene rings is 1. The van der Waals surface area contributed by atoms with Crippen molar-refractivity contribution < 1.29 is 17.9 Å². The summed E-state index contributed by atoms with van der Waals surface area (Å²) in [5, 5.41) is 9.09. The first kappa shape index (κ1) is 15.6. The van der Waals surface area contributed by atoms with Crippen molar-refractivity contribution in [3.63, 3.8) is 0 Å². The van der Waals surface area contributed by atoms with Crippen molar-refractivity contribution in [3.8, 4) is 0 Å². The summed E-state index contributed by atoms with van der Waals surface area (Å²) >= 11 is 0. The summed E-state index contributed by atoms with van der Waals surface area (Å²) < 4.78 is 39.1. The molecule has 1 aromatic heterocycles. The van der Waals surface area contributed by atoms with E-state index in [-0.39, 0.29) is 24.6 Å². The van der Waals surface area contributed by atoms with Crippen LogP contribution in [-0.2, 0) is 16.6 Å². The maximum absolute atomic E-state index is 12.9. The molecule has 21 heavy (non-hydrogen) atoms. The lowest BCUT2D eigenvalue weighted by molar-refractivity contribution is 0.251. The van der Waals surface area contributed by atoms with Gasteiger partial charge in [-0.1, -0.05) is 6.07 Å². The van der Waals surface area contributed by atoms with Gasteiger partial charge in [-0.05, 0) is 35.9 Å². The van der Waals surface area contributed by atoms with E-state index in [1.165, 1.54) is 12.1 Å². The van der Waals surface area contributed by atoms with Crippen LogP contribution in [0.3, 0.4) is 0 Å². The van der Waals surface area contributed by atoms with Gasteiger partial charge in [0.05, 0.1) is 11.5 Å². The first-order valence-electron chi connectivity index (χ1n) is 6.29. The minimum atomic E-state index is -3.80. The number of hydrogen-bond acceptors (Lipinski definition) is 4. The lowest BCUT2D eigenvalue weighted by atomic mass is 10.3. The Balaban J connectivity index is 2.30. The Bertz CT molecular complexity index is 675. The first-order valence-corrected chi connectivity index (χ1v) is 7.73. The zero-order valence-electron chi connectivity index (χ0n) is 11.2. The Morgan fingerprint density at radius 3 is 2.48 bits per heavy atom. The van der Waals surface area contributed by atoms with E-state index in [2.05, 4.69) is 4.98 Å². The highest BCUT2D eigenvalue weighted by Gasteiger charge is 2.24. The molecule has 0 amide bonds. The number of sulfonamides is 1. The van der Waals surface area contributed by atoms with Crippen LogP contribution in [0.4, 0.5) is 4.39 Å². The third-order valence-electron chi connectivity index (χ3n) is 2.88. The topological polar surface area (TPSA) is 70.5 Å². The van der Waals surface area contributed by atoms with Crippen LogP contribution in [0, 0.1) is 5.82 Å². The molecule has 7 heteroatoms. The van der Waals surface area contributed by atoms with Gasteiger partial charge in [-0.25, -0.2) is 12.8 Å². The molecule has 2 aromatic rings. The van der Waals surface area contributed by atoms with Crippen LogP contribution >= 0.6 is 0 Å². The van der Waals surface area contributed by atoms with Crippen LogP contribution in [0.1, 0.15) is 5.56 Å². The number of aliphatic hydroxyl groups excluding tert-OH is 1. The summed E-state index contributed by atoms with van der Waals surface area (Å²) in [4.78, 5) is 3.92. The molecule has 0 unspecified atom stereocenters. The Labute approximate surface area is 122 Å². The van der Waals surface area contributed by atoms with Crippen molar-refractivity contribution in [2.75, 3.05) is 13.2 Å². The molecule has 112 valence electrons. The van der Waals surface area contributed by atoms with Gasteiger partial charge in [0.1, 0.15) is 5.82 Å². The zero-order chi connectivity index (χ0) is 15.3. The summed E-state index contributed by atoms with van der Waals surface area (Å²) in [6, 6.07) is 8.05. The number of nitrogens with zero attached hydrogens (tertiary/aromatic N) is 2. The highest BCUT2D eigenvalue weighted by molar-refractivity contribution is 7.89. The summed E-state index contributed by atoms with van der Waals surface area (Å²) in [6.07, 6.45) is 3.15. The van der Waals surface area contributed by atoms with Crippen molar-refractivity contribution in [2.24, 2.45) is 0 Å². The van der Waals surface area contributed by atoms with Crippen LogP contribution in [0.25, 0.3) is 0 Å². The fraction of sp³-hybridized carbons (Fsp3) is 0.214. The monoisotopic (exact) mass is 310 g/mol. The third kappa shape index (κ3) is 3.84. The van der Waals surface area contributed by atoms with E-state index in [4.69, 9.17) is 5.11 Å². The lowest BCUT2D eigenvalue weighted by Gasteiger charge is -2.21. The molecular weight excluding hydrogens is 295 g/mol. The van der Waals surface area contributed by atoms with Crippen molar-refractivity contribution in [3.05, 3.63) is 60.2 Å².